The summed E-state index contributed by atoms with van der Waals surface area (Å²) in [5.41, 5.74) is 7.74. The second-order valence-corrected chi connectivity index (χ2v) is 3.30. The van der Waals surface area contributed by atoms with E-state index < -0.39 is 0 Å². The predicted octanol–water partition coefficient (Wildman–Crippen LogP) is 1.59. The third-order valence-corrected chi connectivity index (χ3v) is 1.82. The number of benzene rings is 1. The fourth-order valence-electron chi connectivity index (χ4n) is 1.22. The summed E-state index contributed by atoms with van der Waals surface area (Å²) >= 11 is 0. The maximum Gasteiger partial charge on any atom is 0.118 e. The van der Waals surface area contributed by atoms with Gasteiger partial charge in [-0.25, -0.2) is 0 Å². The summed E-state index contributed by atoms with van der Waals surface area (Å²) in [7, 11) is 0. The minimum Gasteiger partial charge on any atom is -0.508 e. The Morgan fingerprint density at radius 2 is 2.17 bits per heavy atom. The smallest absolute Gasteiger partial charge is 0.118 e. The van der Waals surface area contributed by atoms with Crippen molar-refractivity contribution in [3.05, 3.63) is 29.3 Å². The molecule has 12 heavy (non-hydrogen) atoms. The molecule has 0 heterocycles. The van der Waals surface area contributed by atoms with E-state index in [1.54, 1.807) is 6.07 Å². The molecule has 1 unspecified atom stereocenters. The lowest BCUT2D eigenvalue weighted by atomic mass is 10.0. The van der Waals surface area contributed by atoms with E-state index in [0.29, 0.717) is 5.75 Å². The van der Waals surface area contributed by atoms with Crippen LogP contribution in [0, 0.1) is 6.92 Å². The van der Waals surface area contributed by atoms with E-state index in [1.807, 2.05) is 26.0 Å². The Morgan fingerprint density at radius 1 is 1.50 bits per heavy atom. The summed E-state index contributed by atoms with van der Waals surface area (Å²) < 4.78 is 0. The Kier molecular flexibility index (Phi) is 2.71. The van der Waals surface area contributed by atoms with E-state index in [9.17, 15) is 5.11 Å². The first-order valence-corrected chi connectivity index (χ1v) is 4.13. The van der Waals surface area contributed by atoms with Gasteiger partial charge in [0, 0.05) is 6.04 Å². The highest BCUT2D eigenvalue weighted by molar-refractivity contribution is 5.35. The van der Waals surface area contributed by atoms with Crippen LogP contribution in [0.4, 0.5) is 0 Å². The minimum atomic E-state index is 0.175. The highest BCUT2D eigenvalue weighted by Gasteiger charge is 2.00. The average molecular weight is 165 g/mol. The second kappa shape index (κ2) is 3.59. The van der Waals surface area contributed by atoms with Crippen molar-refractivity contribution in [1.29, 1.82) is 0 Å². The molecule has 1 aromatic carbocycles. The molecule has 0 aliphatic rings. The number of phenols is 1. The third kappa shape index (κ3) is 2.24. The lowest BCUT2D eigenvalue weighted by molar-refractivity contribution is 0.470. The van der Waals surface area contributed by atoms with Crippen LogP contribution in [0.1, 0.15) is 18.1 Å². The van der Waals surface area contributed by atoms with E-state index in [2.05, 4.69) is 0 Å². The topological polar surface area (TPSA) is 46.2 Å². The van der Waals surface area contributed by atoms with Gasteiger partial charge in [-0.2, -0.15) is 0 Å². The molecule has 0 spiro atoms. The molecule has 0 aliphatic heterocycles. The van der Waals surface area contributed by atoms with Gasteiger partial charge in [0.05, 0.1) is 0 Å². The summed E-state index contributed by atoms with van der Waals surface area (Å²) in [5.74, 6) is 0.350. The largest absolute Gasteiger partial charge is 0.508 e. The van der Waals surface area contributed by atoms with Gasteiger partial charge in [0.25, 0.3) is 0 Å². The van der Waals surface area contributed by atoms with Crippen molar-refractivity contribution in [2.24, 2.45) is 5.73 Å². The van der Waals surface area contributed by atoms with E-state index in [4.69, 9.17) is 5.73 Å². The first-order valence-electron chi connectivity index (χ1n) is 4.13. The van der Waals surface area contributed by atoms with E-state index in [1.165, 1.54) is 5.56 Å². The van der Waals surface area contributed by atoms with Gasteiger partial charge in [-0.15, -0.1) is 0 Å². The van der Waals surface area contributed by atoms with Gasteiger partial charge in [-0.3, -0.25) is 0 Å². The predicted molar refractivity (Wildman–Crippen MR) is 50.2 cm³/mol. The molecular weight excluding hydrogens is 150 g/mol. The standard InChI is InChI=1S/C10H15NO/c1-7-5-9(6-8(2)11)3-4-10(7)12/h3-5,8,12H,6,11H2,1-2H3. The van der Waals surface area contributed by atoms with E-state index in [-0.39, 0.29) is 6.04 Å². The van der Waals surface area contributed by atoms with Gasteiger partial charge < -0.3 is 10.8 Å². The van der Waals surface area contributed by atoms with Gasteiger partial charge in [0.2, 0.25) is 0 Å². The van der Waals surface area contributed by atoms with Crippen molar-refractivity contribution in [3.8, 4) is 5.75 Å². The molecule has 0 aliphatic carbocycles. The molecule has 0 aromatic heterocycles. The molecule has 3 N–H and O–H groups in total. The zero-order valence-electron chi connectivity index (χ0n) is 7.54. The molecule has 0 fully saturated rings. The van der Waals surface area contributed by atoms with Gasteiger partial charge >= 0.3 is 0 Å². The Labute approximate surface area is 73.0 Å². The quantitative estimate of drug-likeness (QED) is 0.699. The SMILES string of the molecule is Cc1cc(CC(C)N)ccc1O. The molecule has 1 aromatic rings. The van der Waals surface area contributed by atoms with E-state index in [0.717, 1.165) is 12.0 Å². The second-order valence-electron chi connectivity index (χ2n) is 3.30. The van der Waals surface area contributed by atoms with Crippen LogP contribution in [0.5, 0.6) is 5.75 Å². The van der Waals surface area contributed by atoms with Crippen molar-refractivity contribution in [3.63, 3.8) is 0 Å². The first kappa shape index (κ1) is 9.07. The Balaban J connectivity index is 2.82. The van der Waals surface area contributed by atoms with Crippen LogP contribution in [0.3, 0.4) is 0 Å². The van der Waals surface area contributed by atoms with Crippen LogP contribution in [0.25, 0.3) is 0 Å². The van der Waals surface area contributed by atoms with Crippen LogP contribution in [-0.4, -0.2) is 11.1 Å². The van der Waals surface area contributed by atoms with Crippen LogP contribution in [0.2, 0.25) is 0 Å². The molecule has 1 rings (SSSR count). The fraction of sp³-hybridized carbons (Fsp3) is 0.400. The summed E-state index contributed by atoms with van der Waals surface area (Å²) in [6.45, 7) is 3.86. The van der Waals surface area contributed by atoms with Gasteiger partial charge in [0.1, 0.15) is 5.75 Å². The van der Waals surface area contributed by atoms with Crippen LogP contribution in [0.15, 0.2) is 18.2 Å². The number of phenolic OH excluding ortho intramolecular Hbond substituents is 1. The molecule has 0 saturated heterocycles. The molecule has 0 bridgehead atoms. The van der Waals surface area contributed by atoms with Crippen LogP contribution in [-0.2, 0) is 6.42 Å². The van der Waals surface area contributed by atoms with Crippen molar-refractivity contribution in [2.75, 3.05) is 0 Å². The number of hydrogen-bond donors (Lipinski definition) is 2. The first-order chi connectivity index (χ1) is 5.59. The Morgan fingerprint density at radius 3 is 2.67 bits per heavy atom. The lowest BCUT2D eigenvalue weighted by Crippen LogP contribution is -2.17. The van der Waals surface area contributed by atoms with Crippen molar-refractivity contribution in [1.82, 2.24) is 0 Å². The normalized spacial score (nSPS) is 12.9. The molecule has 1 atom stereocenters. The summed E-state index contributed by atoms with van der Waals surface area (Å²) in [6, 6.07) is 5.77. The number of aryl methyl sites for hydroxylation is 1. The average Bonchev–Trinajstić information content (AvgIpc) is 1.96. The third-order valence-electron chi connectivity index (χ3n) is 1.82. The van der Waals surface area contributed by atoms with Gasteiger partial charge in [-0.05, 0) is 37.5 Å². The van der Waals surface area contributed by atoms with E-state index >= 15 is 0 Å². The highest BCUT2D eigenvalue weighted by atomic mass is 16.3. The van der Waals surface area contributed by atoms with Crippen molar-refractivity contribution < 1.29 is 5.11 Å². The number of nitrogens with two attached hydrogens (primary N) is 1. The Hall–Kier alpha value is -1.02. The number of hydrogen-bond acceptors (Lipinski definition) is 2. The monoisotopic (exact) mass is 165 g/mol. The van der Waals surface area contributed by atoms with Crippen molar-refractivity contribution in [2.45, 2.75) is 26.3 Å². The Bertz CT molecular complexity index is 269. The molecule has 2 heteroatoms. The zero-order valence-corrected chi connectivity index (χ0v) is 7.54. The molecule has 66 valence electrons. The molecule has 0 amide bonds. The highest BCUT2D eigenvalue weighted by Crippen LogP contribution is 2.17. The summed E-state index contributed by atoms with van der Waals surface area (Å²) in [6.07, 6.45) is 0.862. The summed E-state index contributed by atoms with van der Waals surface area (Å²) in [4.78, 5) is 0. The van der Waals surface area contributed by atoms with Gasteiger partial charge in [-0.1, -0.05) is 12.1 Å². The molecule has 0 radical (unpaired) electrons. The van der Waals surface area contributed by atoms with Gasteiger partial charge in [0.15, 0.2) is 0 Å². The number of aromatic hydroxyl groups is 1. The lowest BCUT2D eigenvalue weighted by Gasteiger charge is -2.06. The zero-order chi connectivity index (χ0) is 9.14. The summed E-state index contributed by atoms with van der Waals surface area (Å²) in [5, 5.41) is 9.25. The van der Waals surface area contributed by atoms with Crippen LogP contribution >= 0.6 is 0 Å². The maximum absolute atomic E-state index is 9.25. The molecule has 0 saturated carbocycles. The van der Waals surface area contributed by atoms with Crippen LogP contribution < -0.4 is 5.73 Å². The van der Waals surface area contributed by atoms with Crippen molar-refractivity contribution >= 4 is 0 Å². The molecule has 2 nitrogen and oxygen atoms in total. The minimum absolute atomic E-state index is 0.175. The fourth-order valence-corrected chi connectivity index (χ4v) is 1.22. The molecular formula is C10H15NO. The maximum atomic E-state index is 9.25. The number of rotatable bonds is 2.